The van der Waals surface area contributed by atoms with E-state index in [1.165, 1.54) is 12.3 Å². The number of thiazole rings is 1. The molecule has 2 aromatic rings. The number of benzene rings is 1. The highest BCUT2D eigenvalue weighted by atomic mass is 79.9. The third-order valence-electron chi connectivity index (χ3n) is 2.44. The average Bonchev–Trinajstić information content (AvgIpc) is 2.82. The molecule has 0 atom stereocenters. The average molecular weight is 381 g/mol. The van der Waals surface area contributed by atoms with Crippen LogP contribution < -0.4 is 16.6 Å². The van der Waals surface area contributed by atoms with E-state index in [0.717, 1.165) is 23.5 Å². The van der Waals surface area contributed by atoms with E-state index in [-0.39, 0.29) is 16.4 Å². The molecular formula is C11H8BrF3N4OS. The minimum Gasteiger partial charge on any atom is -0.324 e. The van der Waals surface area contributed by atoms with Gasteiger partial charge in [-0.05, 0) is 34.1 Å². The van der Waals surface area contributed by atoms with Gasteiger partial charge in [0.15, 0.2) is 5.13 Å². The summed E-state index contributed by atoms with van der Waals surface area (Å²) in [6.45, 7) is 0. The first kappa shape index (κ1) is 15.7. The van der Waals surface area contributed by atoms with Crippen molar-refractivity contribution >= 4 is 44.0 Å². The Labute approximate surface area is 129 Å². The first-order chi connectivity index (χ1) is 9.81. The largest absolute Gasteiger partial charge is 0.418 e. The highest BCUT2D eigenvalue weighted by molar-refractivity contribution is 9.11. The van der Waals surface area contributed by atoms with Crippen LogP contribution in [-0.2, 0) is 6.18 Å². The Hall–Kier alpha value is -1.65. The van der Waals surface area contributed by atoms with E-state index in [0.29, 0.717) is 3.79 Å². The van der Waals surface area contributed by atoms with Crippen LogP contribution in [0.3, 0.4) is 0 Å². The lowest BCUT2D eigenvalue weighted by atomic mass is 10.1. The van der Waals surface area contributed by atoms with E-state index in [1.54, 1.807) is 0 Å². The number of aromatic nitrogens is 1. The highest BCUT2D eigenvalue weighted by Gasteiger charge is 2.34. The Morgan fingerprint density at radius 2 is 2.10 bits per heavy atom. The maximum absolute atomic E-state index is 12.9. The molecule has 1 amide bonds. The molecule has 0 aliphatic carbocycles. The monoisotopic (exact) mass is 380 g/mol. The first-order valence-electron chi connectivity index (χ1n) is 5.42. The molecule has 0 saturated heterocycles. The van der Waals surface area contributed by atoms with Gasteiger partial charge in [-0.2, -0.15) is 13.2 Å². The van der Waals surface area contributed by atoms with Crippen molar-refractivity contribution in [1.29, 1.82) is 0 Å². The molecule has 112 valence electrons. The SMILES string of the molecule is NNc1ccc(C(=O)Nc2ncc(Br)s2)cc1C(F)(F)F. The number of nitrogen functional groups attached to an aromatic ring is 1. The third kappa shape index (κ3) is 3.71. The fourth-order valence-corrected chi connectivity index (χ4v) is 2.63. The molecule has 1 aromatic heterocycles. The minimum atomic E-state index is -4.62. The molecule has 0 aliphatic rings. The second-order valence-electron chi connectivity index (χ2n) is 3.83. The van der Waals surface area contributed by atoms with Gasteiger partial charge in [0.1, 0.15) is 0 Å². The summed E-state index contributed by atoms with van der Waals surface area (Å²) in [5, 5.41) is 2.69. The first-order valence-corrected chi connectivity index (χ1v) is 7.02. The number of hydrazine groups is 1. The van der Waals surface area contributed by atoms with Crippen LogP contribution in [0.15, 0.2) is 28.2 Å². The van der Waals surface area contributed by atoms with Crippen LogP contribution in [0.1, 0.15) is 15.9 Å². The Kier molecular flexibility index (Phi) is 4.49. The molecule has 4 N–H and O–H groups in total. The van der Waals surface area contributed by atoms with Crippen LogP contribution in [0, 0.1) is 0 Å². The molecule has 0 bridgehead atoms. The number of rotatable bonds is 3. The smallest absolute Gasteiger partial charge is 0.324 e. The zero-order valence-electron chi connectivity index (χ0n) is 10.2. The van der Waals surface area contributed by atoms with Crippen molar-refractivity contribution in [3.05, 3.63) is 39.3 Å². The van der Waals surface area contributed by atoms with Crippen molar-refractivity contribution in [2.24, 2.45) is 5.84 Å². The molecule has 0 saturated carbocycles. The van der Waals surface area contributed by atoms with Crippen LogP contribution in [0.4, 0.5) is 24.0 Å². The summed E-state index contributed by atoms with van der Waals surface area (Å²) >= 11 is 4.32. The van der Waals surface area contributed by atoms with E-state index >= 15 is 0 Å². The molecule has 0 fully saturated rings. The molecule has 5 nitrogen and oxygen atoms in total. The van der Waals surface area contributed by atoms with E-state index in [2.05, 4.69) is 26.2 Å². The number of anilines is 2. The number of hydrogen-bond donors (Lipinski definition) is 3. The van der Waals surface area contributed by atoms with E-state index in [9.17, 15) is 18.0 Å². The highest BCUT2D eigenvalue weighted by Crippen LogP contribution is 2.35. The van der Waals surface area contributed by atoms with Gasteiger partial charge in [0.05, 0.1) is 21.2 Å². The lowest BCUT2D eigenvalue weighted by Crippen LogP contribution is -2.17. The van der Waals surface area contributed by atoms with E-state index in [4.69, 9.17) is 5.84 Å². The molecule has 1 aromatic carbocycles. The zero-order chi connectivity index (χ0) is 15.6. The van der Waals surface area contributed by atoms with Crippen molar-refractivity contribution in [3.8, 4) is 0 Å². The second-order valence-corrected chi connectivity index (χ2v) is 6.24. The summed E-state index contributed by atoms with van der Waals surface area (Å²) in [5.41, 5.74) is 0.482. The van der Waals surface area contributed by atoms with Gasteiger partial charge >= 0.3 is 6.18 Å². The van der Waals surface area contributed by atoms with Gasteiger partial charge in [-0.3, -0.25) is 16.0 Å². The molecule has 0 aliphatic heterocycles. The van der Waals surface area contributed by atoms with Crippen molar-refractivity contribution in [2.45, 2.75) is 6.18 Å². The van der Waals surface area contributed by atoms with Gasteiger partial charge in [-0.15, -0.1) is 0 Å². The van der Waals surface area contributed by atoms with Crippen molar-refractivity contribution in [3.63, 3.8) is 0 Å². The van der Waals surface area contributed by atoms with Crippen molar-refractivity contribution in [1.82, 2.24) is 4.98 Å². The van der Waals surface area contributed by atoms with Crippen molar-refractivity contribution in [2.75, 3.05) is 10.7 Å². The van der Waals surface area contributed by atoms with Crippen LogP contribution in [0.25, 0.3) is 0 Å². The summed E-state index contributed by atoms with van der Waals surface area (Å²) < 4.78 is 39.3. The maximum Gasteiger partial charge on any atom is 0.418 e. The fraction of sp³-hybridized carbons (Fsp3) is 0.0909. The zero-order valence-corrected chi connectivity index (χ0v) is 12.6. The standard InChI is InChI=1S/C11H8BrF3N4OS/c12-8-4-17-10(21-8)18-9(20)5-1-2-7(19-16)6(3-5)11(13,14)15/h1-4,19H,16H2,(H,17,18,20). The topological polar surface area (TPSA) is 80.0 Å². The molecule has 0 spiro atoms. The second kappa shape index (κ2) is 6.00. The van der Waals surface area contributed by atoms with Crippen molar-refractivity contribution < 1.29 is 18.0 Å². The van der Waals surface area contributed by atoms with Gasteiger partial charge in [-0.25, -0.2) is 4.98 Å². The van der Waals surface area contributed by atoms with Gasteiger partial charge < -0.3 is 5.43 Å². The van der Waals surface area contributed by atoms with E-state index < -0.39 is 17.6 Å². The third-order valence-corrected chi connectivity index (χ3v) is 3.83. The maximum atomic E-state index is 12.9. The summed E-state index contributed by atoms with van der Waals surface area (Å²) in [6, 6.07) is 3.06. The summed E-state index contributed by atoms with van der Waals surface area (Å²) in [6.07, 6.45) is -3.15. The molecule has 0 unspecified atom stereocenters. The van der Waals surface area contributed by atoms with Crippen LogP contribution >= 0.6 is 27.3 Å². The number of hydrogen-bond acceptors (Lipinski definition) is 5. The fourth-order valence-electron chi connectivity index (χ4n) is 1.53. The predicted molar refractivity (Wildman–Crippen MR) is 77.0 cm³/mol. The number of nitrogens with two attached hydrogens (primary N) is 1. The predicted octanol–water partition coefficient (Wildman–Crippen LogP) is 3.46. The summed E-state index contributed by atoms with van der Waals surface area (Å²) in [4.78, 5) is 15.8. The molecule has 1 heterocycles. The van der Waals surface area contributed by atoms with Gasteiger partial charge in [-0.1, -0.05) is 11.3 Å². The Bertz CT molecular complexity index is 674. The van der Waals surface area contributed by atoms with Crippen LogP contribution in [0.5, 0.6) is 0 Å². The lowest BCUT2D eigenvalue weighted by Gasteiger charge is -2.13. The molecular weight excluding hydrogens is 373 g/mol. The molecule has 0 radical (unpaired) electrons. The number of amides is 1. The Balaban J connectivity index is 2.29. The molecule has 21 heavy (non-hydrogen) atoms. The molecule has 10 heteroatoms. The lowest BCUT2D eigenvalue weighted by molar-refractivity contribution is -0.137. The van der Waals surface area contributed by atoms with Crippen LogP contribution in [0.2, 0.25) is 0 Å². The number of alkyl halides is 3. The van der Waals surface area contributed by atoms with Gasteiger partial charge in [0.25, 0.3) is 5.91 Å². The quantitative estimate of drug-likeness (QED) is 0.562. The normalized spacial score (nSPS) is 11.3. The summed E-state index contributed by atoms with van der Waals surface area (Å²) in [5.74, 6) is 4.35. The number of carbonyl (C=O) groups is 1. The minimum absolute atomic E-state index is 0.146. The number of nitrogens with one attached hydrogen (secondary N) is 2. The van der Waals surface area contributed by atoms with Gasteiger partial charge in [0, 0.05) is 5.56 Å². The number of carbonyl (C=O) groups excluding carboxylic acids is 1. The van der Waals surface area contributed by atoms with Gasteiger partial charge in [0.2, 0.25) is 0 Å². The molecule has 2 rings (SSSR count). The van der Waals surface area contributed by atoms with Crippen LogP contribution in [-0.4, -0.2) is 10.9 Å². The number of halogens is 4. The van der Waals surface area contributed by atoms with E-state index in [1.807, 2.05) is 5.43 Å². The number of nitrogens with zero attached hydrogens (tertiary/aromatic N) is 1. The summed E-state index contributed by atoms with van der Waals surface area (Å²) in [7, 11) is 0. The Morgan fingerprint density at radius 1 is 1.38 bits per heavy atom. The Morgan fingerprint density at radius 3 is 2.62 bits per heavy atom.